The molecule has 0 saturated carbocycles. The zero-order valence-corrected chi connectivity index (χ0v) is 18.4. The molecule has 0 N–H and O–H groups in total. The van der Waals surface area contributed by atoms with Gasteiger partial charge in [-0.3, -0.25) is 9.69 Å². The van der Waals surface area contributed by atoms with Crippen molar-refractivity contribution >= 4 is 17.5 Å². The van der Waals surface area contributed by atoms with Crippen molar-refractivity contribution in [2.24, 2.45) is 0 Å². The molecule has 0 bridgehead atoms. The first-order valence-corrected chi connectivity index (χ1v) is 11.3. The molecule has 1 atom stereocenters. The normalized spacial score (nSPS) is 19.4. The molecule has 7 heteroatoms. The molecule has 2 aromatic rings. The lowest BCUT2D eigenvalue weighted by Gasteiger charge is -2.34. The maximum absolute atomic E-state index is 12.8. The van der Waals surface area contributed by atoms with Crippen molar-refractivity contribution in [2.45, 2.75) is 18.9 Å². The van der Waals surface area contributed by atoms with Crippen molar-refractivity contribution in [1.29, 1.82) is 0 Å². The predicted octanol–water partition coefficient (Wildman–Crippen LogP) is 3.73. The van der Waals surface area contributed by atoms with Crippen molar-refractivity contribution in [1.82, 2.24) is 9.80 Å². The Hall–Kier alpha value is -2.28. The summed E-state index contributed by atoms with van der Waals surface area (Å²) in [7, 11) is 0. The number of hydrogen-bond donors (Lipinski definition) is 0. The first-order chi connectivity index (χ1) is 15.2. The summed E-state index contributed by atoms with van der Waals surface area (Å²) in [6.45, 7) is 5.86. The van der Waals surface area contributed by atoms with Gasteiger partial charge in [0, 0.05) is 44.9 Å². The van der Waals surface area contributed by atoms with E-state index in [1.54, 1.807) is 0 Å². The van der Waals surface area contributed by atoms with Gasteiger partial charge in [0.15, 0.2) is 0 Å². The van der Waals surface area contributed by atoms with Gasteiger partial charge < -0.3 is 19.1 Å². The molecule has 4 rings (SSSR count). The van der Waals surface area contributed by atoms with E-state index in [9.17, 15) is 4.79 Å². The third-order valence-corrected chi connectivity index (χ3v) is 6.03. The molecule has 2 saturated heterocycles. The highest BCUT2D eigenvalue weighted by Crippen LogP contribution is 2.23. The van der Waals surface area contributed by atoms with Crippen LogP contribution in [0.5, 0.6) is 11.5 Å². The van der Waals surface area contributed by atoms with E-state index in [-0.39, 0.29) is 12.0 Å². The fourth-order valence-electron chi connectivity index (χ4n) is 3.86. The van der Waals surface area contributed by atoms with E-state index >= 15 is 0 Å². The van der Waals surface area contributed by atoms with Crippen LogP contribution in [0.1, 0.15) is 23.2 Å². The number of para-hydroxylation sites is 1. The molecule has 1 unspecified atom stereocenters. The highest BCUT2D eigenvalue weighted by atomic mass is 35.5. The summed E-state index contributed by atoms with van der Waals surface area (Å²) in [5.41, 5.74) is 0.694. The fraction of sp³-hybridized carbons (Fsp3) is 0.458. The van der Waals surface area contributed by atoms with Gasteiger partial charge in [0.05, 0.1) is 11.1 Å². The number of benzene rings is 2. The lowest BCUT2D eigenvalue weighted by Crippen LogP contribution is -2.49. The molecule has 2 fully saturated rings. The van der Waals surface area contributed by atoms with Crippen molar-refractivity contribution in [3.8, 4) is 11.5 Å². The number of ether oxygens (including phenoxy) is 3. The van der Waals surface area contributed by atoms with Gasteiger partial charge in [-0.05, 0) is 49.2 Å². The van der Waals surface area contributed by atoms with Crippen LogP contribution in [0.15, 0.2) is 48.5 Å². The number of hydrogen-bond acceptors (Lipinski definition) is 5. The first-order valence-electron chi connectivity index (χ1n) is 10.9. The second-order valence-corrected chi connectivity index (χ2v) is 8.29. The van der Waals surface area contributed by atoms with Crippen LogP contribution < -0.4 is 9.47 Å². The highest BCUT2D eigenvalue weighted by molar-refractivity contribution is 6.32. The van der Waals surface area contributed by atoms with Gasteiger partial charge in [-0.1, -0.05) is 23.7 Å². The second-order valence-electron chi connectivity index (χ2n) is 7.88. The van der Waals surface area contributed by atoms with Crippen LogP contribution in [0.3, 0.4) is 0 Å². The zero-order chi connectivity index (χ0) is 21.5. The smallest absolute Gasteiger partial charge is 0.253 e. The topological polar surface area (TPSA) is 51.2 Å². The minimum atomic E-state index is 0.0673. The number of amides is 1. The van der Waals surface area contributed by atoms with E-state index in [0.29, 0.717) is 42.6 Å². The molecule has 166 valence electrons. The zero-order valence-electron chi connectivity index (χ0n) is 17.7. The van der Waals surface area contributed by atoms with Crippen LogP contribution in [0.25, 0.3) is 0 Å². The molecule has 0 spiro atoms. The number of halogens is 1. The van der Waals surface area contributed by atoms with E-state index in [2.05, 4.69) is 4.90 Å². The summed E-state index contributed by atoms with van der Waals surface area (Å²) >= 11 is 6.12. The molecular formula is C24H29ClN2O4. The summed E-state index contributed by atoms with van der Waals surface area (Å²) in [5.74, 6) is 1.55. The second kappa shape index (κ2) is 10.8. The minimum Gasteiger partial charge on any atom is -0.491 e. The molecule has 0 radical (unpaired) electrons. The minimum absolute atomic E-state index is 0.0673. The van der Waals surface area contributed by atoms with Crippen LogP contribution in [0, 0.1) is 0 Å². The number of carbonyl (C=O) groups excluding carboxylic acids is 1. The summed E-state index contributed by atoms with van der Waals surface area (Å²) < 4.78 is 17.1. The molecule has 2 aliphatic rings. The number of rotatable bonds is 8. The van der Waals surface area contributed by atoms with Gasteiger partial charge in [-0.2, -0.15) is 0 Å². The van der Waals surface area contributed by atoms with Crippen LogP contribution in [-0.4, -0.2) is 74.4 Å². The van der Waals surface area contributed by atoms with Crippen molar-refractivity contribution in [3.05, 3.63) is 59.1 Å². The molecule has 6 nitrogen and oxygen atoms in total. The number of carbonyl (C=O) groups is 1. The van der Waals surface area contributed by atoms with Crippen LogP contribution >= 0.6 is 11.6 Å². The van der Waals surface area contributed by atoms with Crippen molar-refractivity contribution in [3.63, 3.8) is 0 Å². The van der Waals surface area contributed by atoms with Crippen molar-refractivity contribution in [2.75, 3.05) is 52.5 Å². The number of piperazine rings is 1. The Bertz CT molecular complexity index is 847. The first kappa shape index (κ1) is 21.9. The van der Waals surface area contributed by atoms with Gasteiger partial charge in [0.25, 0.3) is 5.91 Å². The molecule has 0 aliphatic carbocycles. The van der Waals surface area contributed by atoms with Crippen LogP contribution in [-0.2, 0) is 4.74 Å². The standard InChI is InChI=1S/C24H29ClN2O4/c25-22-5-1-2-6-23(22)30-17-15-26-11-13-27(14-12-26)24(28)19-7-9-20(10-8-19)31-18-21-4-3-16-29-21/h1-2,5-10,21H,3-4,11-18H2. The third-order valence-electron chi connectivity index (χ3n) is 5.72. The monoisotopic (exact) mass is 444 g/mol. The fourth-order valence-corrected chi connectivity index (χ4v) is 4.05. The lowest BCUT2D eigenvalue weighted by atomic mass is 10.1. The summed E-state index contributed by atoms with van der Waals surface area (Å²) in [5, 5.41) is 0.626. The lowest BCUT2D eigenvalue weighted by molar-refractivity contribution is 0.0619. The quantitative estimate of drug-likeness (QED) is 0.621. The van der Waals surface area contributed by atoms with Gasteiger partial charge in [-0.15, -0.1) is 0 Å². The Morgan fingerprint density at radius 2 is 1.81 bits per heavy atom. The molecule has 2 aromatic carbocycles. The molecular weight excluding hydrogens is 416 g/mol. The van der Waals surface area contributed by atoms with E-state index in [4.69, 9.17) is 25.8 Å². The molecule has 2 aliphatic heterocycles. The maximum Gasteiger partial charge on any atom is 0.253 e. The van der Waals surface area contributed by atoms with Crippen LogP contribution in [0.4, 0.5) is 0 Å². The van der Waals surface area contributed by atoms with Gasteiger partial charge in [0.1, 0.15) is 24.7 Å². The Morgan fingerprint density at radius 3 is 2.52 bits per heavy atom. The Balaban J connectivity index is 1.18. The molecule has 1 amide bonds. The maximum atomic E-state index is 12.8. The van der Waals surface area contributed by atoms with E-state index in [1.807, 2.05) is 53.4 Å². The average molecular weight is 445 g/mol. The molecule has 2 heterocycles. The SMILES string of the molecule is O=C(c1ccc(OCC2CCCO2)cc1)N1CCN(CCOc2ccccc2Cl)CC1. The van der Waals surface area contributed by atoms with Crippen molar-refractivity contribution < 1.29 is 19.0 Å². The Kier molecular flexibility index (Phi) is 7.67. The van der Waals surface area contributed by atoms with Gasteiger partial charge in [0.2, 0.25) is 0 Å². The van der Waals surface area contributed by atoms with Gasteiger partial charge in [-0.25, -0.2) is 0 Å². The largest absolute Gasteiger partial charge is 0.491 e. The third kappa shape index (κ3) is 6.12. The average Bonchev–Trinajstić information content (AvgIpc) is 3.33. The summed E-state index contributed by atoms with van der Waals surface area (Å²) in [4.78, 5) is 17.0. The predicted molar refractivity (Wildman–Crippen MR) is 120 cm³/mol. The molecule has 0 aromatic heterocycles. The van der Waals surface area contributed by atoms with Gasteiger partial charge >= 0.3 is 0 Å². The van der Waals surface area contributed by atoms with E-state index in [1.165, 1.54) is 0 Å². The summed E-state index contributed by atoms with van der Waals surface area (Å²) in [6.07, 6.45) is 2.34. The highest BCUT2D eigenvalue weighted by Gasteiger charge is 2.22. The number of nitrogens with zero attached hydrogens (tertiary/aromatic N) is 2. The van der Waals surface area contributed by atoms with E-state index in [0.717, 1.165) is 44.8 Å². The Morgan fingerprint density at radius 1 is 1.03 bits per heavy atom. The van der Waals surface area contributed by atoms with Crippen LogP contribution in [0.2, 0.25) is 5.02 Å². The Labute approximate surface area is 188 Å². The molecule has 31 heavy (non-hydrogen) atoms. The summed E-state index contributed by atoms with van der Waals surface area (Å²) in [6, 6.07) is 14.9. The van der Waals surface area contributed by atoms with E-state index < -0.39 is 0 Å².